The van der Waals surface area contributed by atoms with Gasteiger partial charge in [0.15, 0.2) is 11.7 Å². The van der Waals surface area contributed by atoms with Crippen molar-refractivity contribution in [3.63, 3.8) is 0 Å². The second kappa shape index (κ2) is 8.17. The number of hydrogen-bond acceptors (Lipinski definition) is 6. The maximum Gasteiger partial charge on any atom is 0.291 e. The normalized spacial score (nSPS) is 19.7. The van der Waals surface area contributed by atoms with Crippen LogP contribution >= 0.6 is 0 Å². The number of piperidine rings is 1. The van der Waals surface area contributed by atoms with E-state index in [0.717, 1.165) is 24.8 Å². The van der Waals surface area contributed by atoms with Crippen LogP contribution in [0.25, 0.3) is 0 Å². The van der Waals surface area contributed by atoms with E-state index in [9.17, 15) is 9.59 Å². The molecule has 1 N–H and O–H groups in total. The van der Waals surface area contributed by atoms with Gasteiger partial charge in [-0.05, 0) is 56.1 Å². The van der Waals surface area contributed by atoms with E-state index in [1.54, 1.807) is 26.1 Å². The van der Waals surface area contributed by atoms with Gasteiger partial charge in [0.1, 0.15) is 5.76 Å². The summed E-state index contributed by atoms with van der Waals surface area (Å²) in [6.07, 6.45) is 5.91. The minimum Gasteiger partial charge on any atom is -0.450 e. The Morgan fingerprint density at radius 1 is 1.32 bits per heavy atom. The summed E-state index contributed by atoms with van der Waals surface area (Å²) in [5.41, 5.74) is 1.71. The number of oxazole rings is 1. The van der Waals surface area contributed by atoms with Gasteiger partial charge in [-0.1, -0.05) is 6.58 Å². The first-order chi connectivity index (χ1) is 14.8. The molecule has 2 aromatic heterocycles. The Kier molecular flexibility index (Phi) is 5.56. The Bertz CT molecular complexity index is 1040. The number of amides is 2. The predicted molar refractivity (Wildman–Crippen MR) is 115 cm³/mol. The fraction of sp³-hybridized carbons (Fsp3) is 0.478. The molecule has 1 atom stereocenters. The lowest BCUT2D eigenvalue weighted by Gasteiger charge is -2.32. The minimum absolute atomic E-state index is 0.0811. The second-order valence-electron chi connectivity index (χ2n) is 8.53. The molecular weight excluding hydrogens is 396 g/mol. The van der Waals surface area contributed by atoms with Gasteiger partial charge in [-0.25, -0.2) is 4.98 Å². The number of carbonyl (C=O) groups excluding carboxylic acids is 2. The Hall–Kier alpha value is -3.16. The zero-order valence-corrected chi connectivity index (χ0v) is 18.2. The Labute approximate surface area is 181 Å². The summed E-state index contributed by atoms with van der Waals surface area (Å²) >= 11 is 0. The number of aliphatic imine (C=N–C) groups is 1. The van der Waals surface area contributed by atoms with Gasteiger partial charge < -0.3 is 19.1 Å². The van der Waals surface area contributed by atoms with E-state index < -0.39 is 0 Å². The van der Waals surface area contributed by atoms with Crippen molar-refractivity contribution < 1.29 is 18.4 Å². The zero-order chi connectivity index (χ0) is 22.2. The molecule has 2 aromatic rings. The standard InChI is InChI=1S/C23H28N4O4/c1-5-24-13-19-14(2)10-18(31-19)21(28)25-12-17-11-23(17)6-8-27(9-7-23)22(29)20-15(3)26-16(4)30-20/h5,10,13,17H,1,6-9,11-12H2,2-4H3,(H,25,28). The Morgan fingerprint density at radius 2 is 2.06 bits per heavy atom. The number of aryl methyl sites for hydroxylation is 3. The Morgan fingerprint density at radius 3 is 2.71 bits per heavy atom. The number of rotatable bonds is 6. The fourth-order valence-electron chi connectivity index (χ4n) is 4.52. The molecular formula is C23H28N4O4. The second-order valence-corrected chi connectivity index (χ2v) is 8.53. The summed E-state index contributed by atoms with van der Waals surface area (Å²) in [5.74, 6) is 1.84. The van der Waals surface area contributed by atoms with Crippen LogP contribution < -0.4 is 5.32 Å². The monoisotopic (exact) mass is 424 g/mol. The molecule has 2 amide bonds. The number of hydrogen-bond donors (Lipinski definition) is 1. The number of likely N-dealkylation sites (tertiary alicyclic amines) is 1. The first-order valence-corrected chi connectivity index (χ1v) is 10.6. The Balaban J connectivity index is 1.28. The lowest BCUT2D eigenvalue weighted by atomic mass is 9.90. The molecule has 2 fully saturated rings. The van der Waals surface area contributed by atoms with Crippen molar-refractivity contribution in [2.75, 3.05) is 19.6 Å². The molecule has 4 rings (SSSR count). The van der Waals surface area contributed by atoms with Gasteiger partial charge in [-0.2, -0.15) is 0 Å². The fourth-order valence-corrected chi connectivity index (χ4v) is 4.52. The van der Waals surface area contributed by atoms with Gasteiger partial charge in [0.25, 0.3) is 11.8 Å². The molecule has 8 nitrogen and oxygen atoms in total. The van der Waals surface area contributed by atoms with Crippen LogP contribution in [-0.2, 0) is 0 Å². The van der Waals surface area contributed by atoms with Gasteiger partial charge >= 0.3 is 0 Å². The van der Waals surface area contributed by atoms with Gasteiger partial charge in [-0.3, -0.25) is 14.6 Å². The van der Waals surface area contributed by atoms with E-state index in [0.29, 0.717) is 48.7 Å². The van der Waals surface area contributed by atoms with E-state index in [4.69, 9.17) is 8.83 Å². The van der Waals surface area contributed by atoms with E-state index in [-0.39, 0.29) is 23.0 Å². The predicted octanol–water partition coefficient (Wildman–Crippen LogP) is 3.43. The third-order valence-corrected chi connectivity index (χ3v) is 6.49. The van der Waals surface area contributed by atoms with Crippen molar-refractivity contribution in [3.8, 4) is 0 Å². The molecule has 3 heterocycles. The summed E-state index contributed by atoms with van der Waals surface area (Å²) in [5, 5.41) is 3.00. The van der Waals surface area contributed by atoms with Crippen molar-refractivity contribution in [3.05, 3.63) is 53.3 Å². The number of carbonyl (C=O) groups is 2. The van der Waals surface area contributed by atoms with E-state index >= 15 is 0 Å². The lowest BCUT2D eigenvalue weighted by Crippen LogP contribution is -2.40. The van der Waals surface area contributed by atoms with Crippen molar-refractivity contribution in [2.24, 2.45) is 16.3 Å². The number of aromatic nitrogens is 1. The van der Waals surface area contributed by atoms with Crippen LogP contribution in [0.2, 0.25) is 0 Å². The first-order valence-electron chi connectivity index (χ1n) is 10.6. The molecule has 31 heavy (non-hydrogen) atoms. The summed E-state index contributed by atoms with van der Waals surface area (Å²) in [7, 11) is 0. The van der Waals surface area contributed by atoms with Crippen molar-refractivity contribution >= 4 is 18.0 Å². The average Bonchev–Trinajstić information content (AvgIpc) is 3.07. The van der Waals surface area contributed by atoms with Crippen LogP contribution in [0.5, 0.6) is 0 Å². The third-order valence-electron chi connectivity index (χ3n) is 6.49. The number of nitrogens with one attached hydrogen (secondary N) is 1. The van der Waals surface area contributed by atoms with Gasteiger partial charge in [-0.15, -0.1) is 0 Å². The molecule has 0 bridgehead atoms. The molecule has 1 spiro atoms. The SMILES string of the molecule is C=CN=Cc1oc(C(=O)NCC2CC23CCN(C(=O)c2oc(C)nc2C)CC3)cc1C. The summed E-state index contributed by atoms with van der Waals surface area (Å²) in [6, 6.07) is 1.72. The molecule has 2 aliphatic rings. The van der Waals surface area contributed by atoms with Gasteiger partial charge in [0, 0.05) is 32.8 Å². The first kappa shape index (κ1) is 21.1. The number of furan rings is 1. The summed E-state index contributed by atoms with van der Waals surface area (Å²) in [4.78, 5) is 35.2. The molecule has 0 aromatic carbocycles. The molecule has 1 aliphatic heterocycles. The smallest absolute Gasteiger partial charge is 0.291 e. The average molecular weight is 425 g/mol. The van der Waals surface area contributed by atoms with Crippen LogP contribution in [-0.4, -0.2) is 47.5 Å². The molecule has 1 unspecified atom stereocenters. The highest BCUT2D eigenvalue weighted by atomic mass is 16.4. The highest BCUT2D eigenvalue weighted by Crippen LogP contribution is 2.59. The number of nitrogens with zero attached hydrogens (tertiary/aromatic N) is 3. The largest absolute Gasteiger partial charge is 0.450 e. The molecule has 8 heteroatoms. The third kappa shape index (κ3) is 4.19. The maximum atomic E-state index is 12.7. The highest BCUT2D eigenvalue weighted by Gasteiger charge is 2.55. The summed E-state index contributed by atoms with van der Waals surface area (Å²) in [6.45, 7) is 11.0. The van der Waals surface area contributed by atoms with Gasteiger partial charge in [0.05, 0.1) is 11.9 Å². The van der Waals surface area contributed by atoms with E-state index in [1.165, 1.54) is 6.20 Å². The van der Waals surface area contributed by atoms with Crippen molar-refractivity contribution in [1.82, 2.24) is 15.2 Å². The molecule has 164 valence electrons. The maximum absolute atomic E-state index is 12.7. The lowest BCUT2D eigenvalue weighted by molar-refractivity contribution is 0.0634. The van der Waals surface area contributed by atoms with Crippen molar-refractivity contribution in [2.45, 2.75) is 40.0 Å². The minimum atomic E-state index is -0.216. The van der Waals surface area contributed by atoms with Crippen LogP contribution in [0, 0.1) is 32.1 Å². The van der Waals surface area contributed by atoms with Crippen LogP contribution in [0.4, 0.5) is 0 Å². The van der Waals surface area contributed by atoms with Gasteiger partial charge in [0.2, 0.25) is 5.76 Å². The van der Waals surface area contributed by atoms with Crippen molar-refractivity contribution in [1.29, 1.82) is 0 Å². The molecule has 0 radical (unpaired) electrons. The zero-order valence-electron chi connectivity index (χ0n) is 18.2. The van der Waals surface area contributed by atoms with E-state index in [2.05, 4.69) is 21.9 Å². The quantitative estimate of drug-likeness (QED) is 0.716. The molecule has 1 saturated heterocycles. The topological polar surface area (TPSA) is 101 Å². The van der Waals surface area contributed by atoms with E-state index in [1.807, 2.05) is 11.8 Å². The molecule has 1 aliphatic carbocycles. The van der Waals surface area contributed by atoms with Crippen LogP contribution in [0.1, 0.15) is 63.3 Å². The summed E-state index contributed by atoms with van der Waals surface area (Å²) < 4.78 is 11.1. The van der Waals surface area contributed by atoms with Crippen LogP contribution in [0.3, 0.4) is 0 Å². The highest BCUT2D eigenvalue weighted by molar-refractivity contribution is 5.93. The molecule has 1 saturated carbocycles. The van der Waals surface area contributed by atoms with Crippen LogP contribution in [0.15, 0.2) is 32.7 Å².